The van der Waals surface area contributed by atoms with E-state index in [1.54, 1.807) is 6.07 Å². The van der Waals surface area contributed by atoms with Crippen molar-refractivity contribution in [2.45, 2.75) is 19.8 Å². The third-order valence-electron chi connectivity index (χ3n) is 1.78. The first-order valence-electron chi connectivity index (χ1n) is 3.87. The number of nitriles is 1. The molecule has 0 saturated carbocycles. The van der Waals surface area contributed by atoms with Gasteiger partial charge in [-0.05, 0) is 6.92 Å². The maximum Gasteiger partial charge on any atom is 0.280 e. The molecule has 1 heterocycles. The number of aromatic nitrogens is 1. The summed E-state index contributed by atoms with van der Waals surface area (Å²) in [6, 6.07) is 1.63. The van der Waals surface area contributed by atoms with E-state index in [-0.39, 0.29) is 17.5 Å². The van der Waals surface area contributed by atoms with Gasteiger partial charge in [-0.2, -0.15) is 5.26 Å². The van der Waals surface area contributed by atoms with E-state index in [4.69, 9.17) is 5.26 Å². The van der Waals surface area contributed by atoms with Gasteiger partial charge in [0.15, 0.2) is 0 Å². The van der Waals surface area contributed by atoms with Crippen molar-refractivity contribution in [3.8, 4) is 6.07 Å². The van der Waals surface area contributed by atoms with E-state index in [1.807, 2.05) is 0 Å². The Hall–Kier alpha value is -1.57. The van der Waals surface area contributed by atoms with E-state index in [2.05, 4.69) is 4.98 Å². The summed E-state index contributed by atoms with van der Waals surface area (Å²) in [7, 11) is 0. The minimum Gasteiger partial charge on any atom is -0.254 e. The maximum atomic E-state index is 13.3. The number of halogens is 3. The second-order valence-electron chi connectivity index (χ2n) is 2.75. The summed E-state index contributed by atoms with van der Waals surface area (Å²) in [5.74, 6) is -0.767. The van der Waals surface area contributed by atoms with Crippen LogP contribution in [0, 0.1) is 24.1 Å². The average molecular weight is 200 g/mol. The first-order chi connectivity index (χ1) is 6.57. The molecule has 0 fully saturated rings. The molecule has 0 aliphatic rings. The van der Waals surface area contributed by atoms with E-state index in [1.165, 1.54) is 6.92 Å². The Balaban J connectivity index is 3.31. The Morgan fingerprint density at radius 3 is 2.71 bits per heavy atom. The third kappa shape index (κ3) is 1.84. The van der Waals surface area contributed by atoms with Crippen molar-refractivity contribution in [2.24, 2.45) is 0 Å². The largest absolute Gasteiger partial charge is 0.280 e. The topological polar surface area (TPSA) is 36.7 Å². The van der Waals surface area contributed by atoms with Crippen molar-refractivity contribution in [3.05, 3.63) is 28.8 Å². The van der Waals surface area contributed by atoms with Crippen LogP contribution in [0.1, 0.15) is 23.2 Å². The van der Waals surface area contributed by atoms with Crippen LogP contribution >= 0.6 is 0 Å². The number of hydrogen-bond acceptors (Lipinski definition) is 2. The van der Waals surface area contributed by atoms with E-state index in [0.717, 1.165) is 6.20 Å². The fourth-order valence-corrected chi connectivity index (χ4v) is 1.09. The van der Waals surface area contributed by atoms with Gasteiger partial charge in [-0.15, -0.1) is 0 Å². The molecule has 2 nitrogen and oxygen atoms in total. The molecule has 0 aliphatic heterocycles. The highest BCUT2D eigenvalue weighted by molar-refractivity contribution is 5.30. The zero-order chi connectivity index (χ0) is 10.7. The normalized spacial score (nSPS) is 10.3. The summed E-state index contributed by atoms with van der Waals surface area (Å²) in [5.41, 5.74) is -0.781. The number of alkyl halides is 2. The molecule has 1 aromatic heterocycles. The van der Waals surface area contributed by atoms with Crippen molar-refractivity contribution in [1.29, 1.82) is 5.26 Å². The summed E-state index contributed by atoms with van der Waals surface area (Å²) in [4.78, 5) is 3.42. The van der Waals surface area contributed by atoms with Crippen molar-refractivity contribution < 1.29 is 13.2 Å². The van der Waals surface area contributed by atoms with Gasteiger partial charge in [0.25, 0.3) is 6.43 Å². The van der Waals surface area contributed by atoms with Crippen LogP contribution in [0.25, 0.3) is 0 Å². The van der Waals surface area contributed by atoms with Gasteiger partial charge in [0.05, 0.1) is 12.5 Å². The fourth-order valence-electron chi connectivity index (χ4n) is 1.09. The van der Waals surface area contributed by atoms with Crippen LogP contribution in [0.4, 0.5) is 13.2 Å². The fraction of sp³-hybridized carbons (Fsp3) is 0.333. The van der Waals surface area contributed by atoms with E-state index >= 15 is 0 Å². The lowest BCUT2D eigenvalue weighted by Gasteiger charge is -2.07. The van der Waals surface area contributed by atoms with E-state index in [9.17, 15) is 13.2 Å². The minimum atomic E-state index is -2.85. The van der Waals surface area contributed by atoms with Crippen LogP contribution in [0.3, 0.4) is 0 Å². The van der Waals surface area contributed by atoms with Crippen LogP contribution in [0.5, 0.6) is 0 Å². The lowest BCUT2D eigenvalue weighted by atomic mass is 10.1. The molecule has 14 heavy (non-hydrogen) atoms. The lowest BCUT2D eigenvalue weighted by Crippen LogP contribution is -2.03. The SMILES string of the molecule is Cc1cnc(C(F)F)c(CC#N)c1F. The van der Waals surface area contributed by atoms with Crippen LogP contribution in [-0.2, 0) is 6.42 Å². The van der Waals surface area contributed by atoms with Crippen molar-refractivity contribution in [1.82, 2.24) is 4.98 Å². The standard InChI is InChI=1S/C9H7F3N2/c1-5-4-14-8(9(11)12)6(2-3-13)7(5)10/h4,9H,2H2,1H3. The molecule has 74 valence electrons. The monoisotopic (exact) mass is 200 g/mol. The molecule has 0 spiro atoms. The van der Waals surface area contributed by atoms with Gasteiger partial charge in [-0.1, -0.05) is 0 Å². The molecule has 0 aromatic carbocycles. The predicted molar refractivity (Wildman–Crippen MR) is 43.2 cm³/mol. The Morgan fingerprint density at radius 1 is 1.57 bits per heavy atom. The lowest BCUT2D eigenvalue weighted by molar-refractivity contribution is 0.144. The van der Waals surface area contributed by atoms with Crippen LogP contribution in [0.2, 0.25) is 0 Å². The summed E-state index contributed by atoms with van der Waals surface area (Å²) >= 11 is 0. The Labute approximate surface area is 79.0 Å². The van der Waals surface area contributed by atoms with Crippen molar-refractivity contribution in [3.63, 3.8) is 0 Å². The molecule has 0 unspecified atom stereocenters. The second-order valence-corrected chi connectivity index (χ2v) is 2.75. The van der Waals surface area contributed by atoms with Crippen LogP contribution in [0.15, 0.2) is 6.20 Å². The second kappa shape index (κ2) is 4.09. The smallest absolute Gasteiger partial charge is 0.254 e. The van der Waals surface area contributed by atoms with Gasteiger partial charge in [-0.25, -0.2) is 13.2 Å². The highest BCUT2D eigenvalue weighted by Gasteiger charge is 2.19. The molecule has 0 amide bonds. The summed E-state index contributed by atoms with van der Waals surface area (Å²) in [6.45, 7) is 1.42. The molecular weight excluding hydrogens is 193 g/mol. The zero-order valence-electron chi connectivity index (χ0n) is 7.39. The molecule has 0 atom stereocenters. The summed E-state index contributed by atoms with van der Waals surface area (Å²) < 4.78 is 37.9. The highest BCUT2D eigenvalue weighted by atomic mass is 19.3. The molecule has 0 N–H and O–H groups in total. The van der Waals surface area contributed by atoms with Gasteiger partial charge in [0.1, 0.15) is 11.5 Å². The van der Waals surface area contributed by atoms with E-state index < -0.39 is 17.9 Å². The molecule has 1 rings (SSSR count). The molecular formula is C9H7F3N2. The average Bonchev–Trinajstić information content (AvgIpc) is 2.13. The maximum absolute atomic E-state index is 13.3. The highest BCUT2D eigenvalue weighted by Crippen LogP contribution is 2.24. The van der Waals surface area contributed by atoms with Gasteiger partial charge in [0.2, 0.25) is 0 Å². The number of hydrogen-bond donors (Lipinski definition) is 0. The van der Waals surface area contributed by atoms with Gasteiger partial charge < -0.3 is 0 Å². The molecule has 0 aliphatic carbocycles. The van der Waals surface area contributed by atoms with Gasteiger partial charge in [0, 0.05) is 17.3 Å². The molecule has 0 bridgehead atoms. The molecule has 0 radical (unpaired) electrons. The summed E-state index contributed by atoms with van der Waals surface area (Å²) in [6.07, 6.45) is -2.20. The first-order valence-corrected chi connectivity index (χ1v) is 3.87. The molecule has 1 aromatic rings. The Bertz CT molecular complexity index is 382. The van der Waals surface area contributed by atoms with Crippen LogP contribution in [-0.4, -0.2) is 4.98 Å². The van der Waals surface area contributed by atoms with E-state index in [0.29, 0.717) is 0 Å². The Kier molecular flexibility index (Phi) is 3.07. The molecule has 5 heteroatoms. The number of nitrogens with zero attached hydrogens (tertiary/aromatic N) is 2. The first kappa shape index (κ1) is 10.5. The Morgan fingerprint density at radius 2 is 2.21 bits per heavy atom. The number of pyridine rings is 1. The summed E-state index contributed by atoms with van der Waals surface area (Å²) in [5, 5.41) is 8.35. The van der Waals surface area contributed by atoms with Crippen molar-refractivity contribution >= 4 is 0 Å². The van der Waals surface area contributed by atoms with Gasteiger partial charge >= 0.3 is 0 Å². The zero-order valence-corrected chi connectivity index (χ0v) is 7.39. The quantitative estimate of drug-likeness (QED) is 0.735. The van der Waals surface area contributed by atoms with Crippen LogP contribution < -0.4 is 0 Å². The predicted octanol–water partition coefficient (Wildman–Crippen LogP) is 2.53. The van der Waals surface area contributed by atoms with Gasteiger partial charge in [-0.3, -0.25) is 4.98 Å². The van der Waals surface area contributed by atoms with Crippen molar-refractivity contribution in [2.75, 3.05) is 0 Å². The number of rotatable bonds is 2. The third-order valence-corrected chi connectivity index (χ3v) is 1.78. The molecule has 0 saturated heterocycles. The minimum absolute atomic E-state index is 0.166. The number of aryl methyl sites for hydroxylation is 1.